The predicted octanol–water partition coefficient (Wildman–Crippen LogP) is 3.20. The van der Waals surface area contributed by atoms with E-state index in [9.17, 15) is 9.90 Å². The van der Waals surface area contributed by atoms with E-state index in [1.807, 2.05) is 19.1 Å². The van der Waals surface area contributed by atoms with Gasteiger partial charge in [-0.25, -0.2) is 0 Å². The van der Waals surface area contributed by atoms with Gasteiger partial charge in [0.25, 0.3) is 0 Å². The fraction of sp³-hybridized carbons (Fsp3) is 0.353. The SMILES string of the molecule is CC1=C2C3=C(C)C2(CCC1=O)c1ccc(O)cc1C3. The molecule has 0 heterocycles. The number of hydrogen-bond acceptors (Lipinski definition) is 2. The van der Waals surface area contributed by atoms with E-state index in [-0.39, 0.29) is 5.41 Å². The Labute approximate surface area is 112 Å². The Morgan fingerprint density at radius 2 is 2.05 bits per heavy atom. The van der Waals surface area contributed by atoms with Crippen LogP contribution in [0.25, 0.3) is 0 Å². The normalized spacial score (nSPS) is 28.0. The lowest BCUT2D eigenvalue weighted by atomic mass is 9.47. The summed E-state index contributed by atoms with van der Waals surface area (Å²) in [7, 11) is 0. The first-order valence-electron chi connectivity index (χ1n) is 6.83. The highest BCUT2D eigenvalue weighted by atomic mass is 16.3. The van der Waals surface area contributed by atoms with Crippen LogP contribution in [-0.4, -0.2) is 10.9 Å². The zero-order valence-corrected chi connectivity index (χ0v) is 11.2. The van der Waals surface area contributed by atoms with Crippen molar-refractivity contribution in [3.63, 3.8) is 0 Å². The number of phenolic OH excluding ortho intramolecular Hbond substituents is 1. The van der Waals surface area contributed by atoms with Crippen molar-refractivity contribution in [3.05, 3.63) is 51.6 Å². The monoisotopic (exact) mass is 252 g/mol. The molecule has 0 amide bonds. The van der Waals surface area contributed by atoms with Gasteiger partial charge in [-0.15, -0.1) is 0 Å². The Bertz CT molecular complexity index is 706. The lowest BCUT2D eigenvalue weighted by molar-refractivity contribution is -0.116. The molecule has 0 saturated carbocycles. The molecular formula is C17H16O2. The Hall–Kier alpha value is -1.83. The Balaban J connectivity index is 2.04. The standard InChI is InChI=1S/C17H16O2/c1-9-15(19)5-6-17-10(2)13(16(9)17)8-11-7-12(18)3-4-14(11)17/h3-4,7,18H,5-6,8H2,1-2H3. The van der Waals surface area contributed by atoms with E-state index in [2.05, 4.69) is 6.92 Å². The van der Waals surface area contributed by atoms with Crippen molar-refractivity contribution in [1.82, 2.24) is 0 Å². The number of rotatable bonds is 0. The molecule has 0 radical (unpaired) electrons. The van der Waals surface area contributed by atoms with Gasteiger partial charge >= 0.3 is 0 Å². The van der Waals surface area contributed by atoms with Gasteiger partial charge in [0.1, 0.15) is 5.75 Å². The molecule has 0 aromatic heterocycles. The Morgan fingerprint density at radius 1 is 1.26 bits per heavy atom. The number of allylic oxidation sites excluding steroid dienone is 4. The molecule has 1 aromatic rings. The number of phenols is 1. The van der Waals surface area contributed by atoms with Gasteiger partial charge in [0.05, 0.1) is 0 Å². The van der Waals surface area contributed by atoms with Crippen molar-refractivity contribution in [2.45, 2.75) is 38.5 Å². The summed E-state index contributed by atoms with van der Waals surface area (Å²) < 4.78 is 0. The highest BCUT2D eigenvalue weighted by molar-refractivity contribution is 6.00. The van der Waals surface area contributed by atoms with Crippen molar-refractivity contribution in [2.24, 2.45) is 0 Å². The van der Waals surface area contributed by atoms with Crippen LogP contribution in [0, 0.1) is 0 Å². The molecule has 1 N–H and O–H groups in total. The number of Topliss-reactive ketones (excluding diaryl/α,β-unsaturated/α-hetero) is 1. The minimum absolute atomic E-state index is 0.0192. The number of benzene rings is 1. The first-order valence-corrected chi connectivity index (χ1v) is 6.83. The van der Waals surface area contributed by atoms with Crippen LogP contribution in [0.15, 0.2) is 40.5 Å². The fourth-order valence-corrected chi connectivity index (χ4v) is 4.34. The summed E-state index contributed by atoms with van der Waals surface area (Å²) in [5.74, 6) is 0.640. The minimum Gasteiger partial charge on any atom is -0.508 e. The molecule has 2 nitrogen and oxygen atoms in total. The van der Waals surface area contributed by atoms with E-state index in [1.165, 1.54) is 27.8 Å². The molecule has 19 heavy (non-hydrogen) atoms. The van der Waals surface area contributed by atoms with Gasteiger partial charge in [-0.2, -0.15) is 0 Å². The first-order chi connectivity index (χ1) is 9.05. The largest absolute Gasteiger partial charge is 0.508 e. The predicted molar refractivity (Wildman–Crippen MR) is 73.1 cm³/mol. The Kier molecular flexibility index (Phi) is 1.85. The van der Waals surface area contributed by atoms with Gasteiger partial charge in [-0.1, -0.05) is 11.6 Å². The molecule has 1 atom stereocenters. The van der Waals surface area contributed by atoms with Gasteiger partial charge in [0, 0.05) is 11.8 Å². The molecule has 2 bridgehead atoms. The summed E-state index contributed by atoms with van der Waals surface area (Å²) in [6.45, 7) is 4.18. The molecular weight excluding hydrogens is 236 g/mol. The van der Waals surface area contributed by atoms with Crippen LogP contribution >= 0.6 is 0 Å². The molecule has 0 fully saturated rings. The van der Waals surface area contributed by atoms with E-state index in [1.54, 1.807) is 6.07 Å². The topological polar surface area (TPSA) is 37.3 Å². The second kappa shape index (κ2) is 3.19. The lowest BCUT2D eigenvalue weighted by Gasteiger charge is -2.55. The van der Waals surface area contributed by atoms with Crippen molar-refractivity contribution in [2.75, 3.05) is 0 Å². The molecule has 5 rings (SSSR count). The number of carbonyl (C=O) groups excluding carboxylic acids is 1. The van der Waals surface area contributed by atoms with Crippen LogP contribution in [-0.2, 0) is 16.6 Å². The zero-order chi connectivity index (χ0) is 13.4. The van der Waals surface area contributed by atoms with Crippen molar-refractivity contribution in [3.8, 4) is 5.75 Å². The minimum atomic E-state index is -0.0192. The van der Waals surface area contributed by atoms with Gasteiger partial charge < -0.3 is 5.11 Å². The van der Waals surface area contributed by atoms with Crippen LogP contribution in [0.4, 0.5) is 0 Å². The molecule has 96 valence electrons. The quantitative estimate of drug-likeness (QED) is 0.770. The van der Waals surface area contributed by atoms with Gasteiger partial charge in [0.2, 0.25) is 0 Å². The molecule has 1 aromatic carbocycles. The van der Waals surface area contributed by atoms with E-state index < -0.39 is 0 Å². The van der Waals surface area contributed by atoms with E-state index in [0.717, 1.165) is 18.4 Å². The van der Waals surface area contributed by atoms with Crippen LogP contribution in [0.2, 0.25) is 0 Å². The van der Waals surface area contributed by atoms with Crippen LogP contribution < -0.4 is 0 Å². The summed E-state index contributed by atoms with van der Waals surface area (Å²) in [5.41, 5.74) is 7.54. The summed E-state index contributed by atoms with van der Waals surface area (Å²) >= 11 is 0. The van der Waals surface area contributed by atoms with Crippen molar-refractivity contribution < 1.29 is 9.90 Å². The molecule has 0 aliphatic heterocycles. The maximum Gasteiger partial charge on any atom is 0.158 e. The molecule has 1 unspecified atom stereocenters. The maximum absolute atomic E-state index is 12.0. The van der Waals surface area contributed by atoms with Gasteiger partial charge in [-0.05, 0) is 66.7 Å². The van der Waals surface area contributed by atoms with E-state index in [4.69, 9.17) is 0 Å². The molecule has 4 aliphatic rings. The molecule has 0 saturated heterocycles. The van der Waals surface area contributed by atoms with Crippen LogP contribution in [0.5, 0.6) is 5.75 Å². The third-order valence-corrected chi connectivity index (χ3v) is 5.26. The second-order valence-electron chi connectivity index (χ2n) is 5.95. The van der Waals surface area contributed by atoms with Crippen molar-refractivity contribution in [1.29, 1.82) is 0 Å². The number of hydrogen-bond donors (Lipinski definition) is 1. The average Bonchev–Trinajstić information content (AvgIpc) is 2.40. The second-order valence-corrected chi connectivity index (χ2v) is 5.95. The summed E-state index contributed by atoms with van der Waals surface area (Å²) in [6.07, 6.45) is 2.39. The Morgan fingerprint density at radius 3 is 2.84 bits per heavy atom. The van der Waals surface area contributed by atoms with Crippen LogP contribution in [0.3, 0.4) is 0 Å². The first kappa shape index (κ1) is 11.0. The van der Waals surface area contributed by atoms with Crippen LogP contribution in [0.1, 0.15) is 37.8 Å². The number of ketones is 1. The van der Waals surface area contributed by atoms with E-state index >= 15 is 0 Å². The number of carbonyl (C=O) groups is 1. The molecule has 1 spiro atoms. The third-order valence-electron chi connectivity index (χ3n) is 5.26. The van der Waals surface area contributed by atoms with Gasteiger partial charge in [0.15, 0.2) is 5.78 Å². The highest BCUT2D eigenvalue weighted by Gasteiger charge is 2.55. The summed E-state index contributed by atoms with van der Waals surface area (Å²) in [6, 6.07) is 5.70. The zero-order valence-electron chi connectivity index (χ0n) is 11.2. The summed E-state index contributed by atoms with van der Waals surface area (Å²) in [4.78, 5) is 12.0. The number of aromatic hydroxyl groups is 1. The molecule has 2 heteroatoms. The third kappa shape index (κ3) is 1.07. The highest BCUT2D eigenvalue weighted by Crippen LogP contribution is 2.63. The summed E-state index contributed by atoms with van der Waals surface area (Å²) in [5, 5.41) is 9.66. The fourth-order valence-electron chi connectivity index (χ4n) is 4.34. The van der Waals surface area contributed by atoms with Gasteiger partial charge in [-0.3, -0.25) is 4.79 Å². The van der Waals surface area contributed by atoms with Crippen molar-refractivity contribution >= 4 is 5.78 Å². The lowest BCUT2D eigenvalue weighted by Crippen LogP contribution is -2.48. The smallest absolute Gasteiger partial charge is 0.158 e. The maximum atomic E-state index is 12.0. The molecule has 4 aliphatic carbocycles. The van der Waals surface area contributed by atoms with E-state index in [0.29, 0.717) is 18.0 Å². The average molecular weight is 252 g/mol.